The molecule has 0 bridgehead atoms. The van der Waals surface area contributed by atoms with Crippen molar-refractivity contribution in [3.05, 3.63) is 41.7 Å². The third kappa shape index (κ3) is 3.92. The first-order chi connectivity index (χ1) is 12.1. The number of primary amides is 1. The summed E-state index contributed by atoms with van der Waals surface area (Å²) < 4.78 is 5.86. The Hall–Kier alpha value is -2.56. The van der Waals surface area contributed by atoms with Crippen molar-refractivity contribution in [1.82, 2.24) is 4.90 Å². The Bertz CT molecular complexity index is 798. The van der Waals surface area contributed by atoms with E-state index in [-0.39, 0.29) is 11.8 Å². The molecule has 132 valence electrons. The zero-order valence-electron chi connectivity index (χ0n) is 14.5. The number of nitrogens with zero attached hydrogens (tertiary/aromatic N) is 1. The lowest BCUT2D eigenvalue weighted by Crippen LogP contribution is -2.38. The van der Waals surface area contributed by atoms with Crippen molar-refractivity contribution in [3.8, 4) is 0 Å². The van der Waals surface area contributed by atoms with Crippen molar-refractivity contribution in [2.45, 2.75) is 32.6 Å². The van der Waals surface area contributed by atoms with Gasteiger partial charge < -0.3 is 15.1 Å². The van der Waals surface area contributed by atoms with Gasteiger partial charge in [0.2, 0.25) is 11.8 Å². The van der Waals surface area contributed by atoms with Crippen LogP contribution in [-0.4, -0.2) is 29.8 Å². The first-order valence-electron chi connectivity index (χ1n) is 8.84. The van der Waals surface area contributed by atoms with Crippen molar-refractivity contribution in [2.24, 2.45) is 11.7 Å². The van der Waals surface area contributed by atoms with Crippen LogP contribution in [0.25, 0.3) is 17.0 Å². The third-order valence-corrected chi connectivity index (χ3v) is 4.84. The molecule has 2 aromatic rings. The molecule has 1 aromatic carbocycles. The summed E-state index contributed by atoms with van der Waals surface area (Å²) in [5.74, 6) is 0.939. The smallest absolute Gasteiger partial charge is 0.246 e. The Balaban J connectivity index is 1.68. The summed E-state index contributed by atoms with van der Waals surface area (Å²) in [4.78, 5) is 25.3. The molecule has 5 nitrogen and oxygen atoms in total. The number of nitrogens with two attached hydrogens (primary N) is 1. The number of carbonyl (C=O) groups is 2. The molecule has 3 rings (SSSR count). The molecule has 1 fully saturated rings. The number of hydrogen-bond acceptors (Lipinski definition) is 3. The van der Waals surface area contributed by atoms with Crippen LogP contribution >= 0.6 is 0 Å². The Morgan fingerprint density at radius 1 is 1.28 bits per heavy atom. The third-order valence-electron chi connectivity index (χ3n) is 4.84. The van der Waals surface area contributed by atoms with E-state index in [4.69, 9.17) is 10.2 Å². The van der Waals surface area contributed by atoms with Crippen molar-refractivity contribution in [3.63, 3.8) is 0 Å². The van der Waals surface area contributed by atoms with Gasteiger partial charge in [-0.1, -0.05) is 25.1 Å². The van der Waals surface area contributed by atoms with Gasteiger partial charge in [0.1, 0.15) is 11.3 Å². The van der Waals surface area contributed by atoms with Crippen LogP contribution in [0.5, 0.6) is 0 Å². The average Bonchev–Trinajstić information content (AvgIpc) is 2.97. The molecule has 0 radical (unpaired) electrons. The van der Waals surface area contributed by atoms with Crippen LogP contribution in [0, 0.1) is 5.92 Å². The zero-order valence-corrected chi connectivity index (χ0v) is 14.5. The Labute approximate surface area is 147 Å². The van der Waals surface area contributed by atoms with Gasteiger partial charge in [0.25, 0.3) is 0 Å². The minimum Gasteiger partial charge on any atom is -0.460 e. The van der Waals surface area contributed by atoms with Gasteiger partial charge in [-0.2, -0.15) is 0 Å². The molecule has 0 saturated carbocycles. The number of piperidine rings is 1. The second-order valence-electron chi connectivity index (χ2n) is 6.56. The summed E-state index contributed by atoms with van der Waals surface area (Å²) in [7, 11) is 0. The predicted octanol–water partition coefficient (Wildman–Crippen LogP) is 3.12. The predicted molar refractivity (Wildman–Crippen MR) is 97.7 cm³/mol. The fraction of sp³-hybridized carbons (Fsp3) is 0.400. The number of para-hydroxylation sites is 1. The van der Waals surface area contributed by atoms with Crippen LogP contribution < -0.4 is 5.73 Å². The maximum atomic E-state index is 12.5. The lowest BCUT2D eigenvalue weighted by atomic mass is 9.93. The number of rotatable bonds is 5. The molecular weight excluding hydrogens is 316 g/mol. The molecule has 1 aliphatic rings. The van der Waals surface area contributed by atoms with Gasteiger partial charge in [-0.3, -0.25) is 9.59 Å². The maximum Gasteiger partial charge on any atom is 0.246 e. The minimum atomic E-state index is -0.261. The van der Waals surface area contributed by atoms with Crippen molar-refractivity contribution < 1.29 is 14.0 Å². The highest BCUT2D eigenvalue weighted by atomic mass is 16.3. The number of hydrogen-bond donors (Lipinski definition) is 1. The van der Waals surface area contributed by atoms with E-state index in [9.17, 15) is 9.59 Å². The zero-order chi connectivity index (χ0) is 17.8. The van der Waals surface area contributed by atoms with Crippen LogP contribution in [0.15, 0.2) is 34.8 Å². The highest BCUT2D eigenvalue weighted by molar-refractivity contribution is 5.96. The molecule has 0 aliphatic carbocycles. The SMILES string of the molecule is CCc1oc2ccccc2c1C=CC(=O)N1CCC(CC(N)=O)CC1. The molecular formula is C20H24N2O3. The van der Waals surface area contributed by atoms with Gasteiger partial charge in [0, 0.05) is 43.0 Å². The summed E-state index contributed by atoms with van der Waals surface area (Å²) in [5.41, 5.74) is 7.08. The quantitative estimate of drug-likeness (QED) is 0.850. The molecule has 5 heteroatoms. The number of benzene rings is 1. The van der Waals surface area contributed by atoms with E-state index >= 15 is 0 Å². The van der Waals surface area contributed by atoms with Gasteiger partial charge >= 0.3 is 0 Å². The van der Waals surface area contributed by atoms with Crippen molar-refractivity contribution in [2.75, 3.05) is 13.1 Å². The molecule has 0 spiro atoms. The lowest BCUT2D eigenvalue weighted by Gasteiger charge is -2.30. The van der Waals surface area contributed by atoms with Crippen LogP contribution in [0.3, 0.4) is 0 Å². The number of amides is 2. The molecule has 2 N–H and O–H groups in total. The number of aryl methyl sites for hydroxylation is 1. The molecule has 25 heavy (non-hydrogen) atoms. The Morgan fingerprint density at radius 2 is 2.00 bits per heavy atom. The van der Waals surface area contributed by atoms with Crippen LogP contribution in [0.2, 0.25) is 0 Å². The Morgan fingerprint density at radius 3 is 2.68 bits per heavy atom. The average molecular weight is 340 g/mol. The standard InChI is InChI=1S/C20H24N2O3/c1-2-17-16(15-5-3-4-6-18(15)25-17)7-8-20(24)22-11-9-14(10-12-22)13-19(21)23/h3-8,14H,2,9-13H2,1H3,(H2,21,23). The van der Waals surface area contributed by atoms with Crippen LogP contribution in [-0.2, 0) is 16.0 Å². The number of furan rings is 1. The fourth-order valence-corrected chi connectivity index (χ4v) is 3.46. The minimum absolute atomic E-state index is 0.00450. The molecule has 1 aliphatic heterocycles. The number of fused-ring (bicyclic) bond motifs is 1. The monoisotopic (exact) mass is 340 g/mol. The summed E-state index contributed by atoms with van der Waals surface area (Å²) in [6.45, 7) is 3.39. The summed E-state index contributed by atoms with van der Waals surface area (Å²) in [6, 6.07) is 7.87. The molecule has 1 aromatic heterocycles. The van der Waals surface area contributed by atoms with Gasteiger partial charge in [-0.15, -0.1) is 0 Å². The highest BCUT2D eigenvalue weighted by Gasteiger charge is 2.22. The fourth-order valence-electron chi connectivity index (χ4n) is 3.46. The van der Waals surface area contributed by atoms with Crippen LogP contribution in [0.1, 0.15) is 37.5 Å². The van der Waals surface area contributed by atoms with E-state index in [2.05, 4.69) is 0 Å². The second kappa shape index (κ2) is 7.55. The van der Waals surface area contributed by atoms with Gasteiger partial charge in [-0.05, 0) is 30.9 Å². The second-order valence-corrected chi connectivity index (χ2v) is 6.56. The molecule has 2 heterocycles. The summed E-state index contributed by atoms with van der Waals surface area (Å²) in [5, 5.41) is 1.03. The van der Waals surface area contributed by atoms with E-state index in [1.165, 1.54) is 0 Å². The lowest BCUT2D eigenvalue weighted by molar-refractivity contribution is -0.127. The normalized spacial score (nSPS) is 16.0. The Kier molecular flexibility index (Phi) is 5.22. The molecule has 2 amide bonds. The topological polar surface area (TPSA) is 76.5 Å². The van der Waals surface area contributed by atoms with E-state index in [0.29, 0.717) is 25.4 Å². The summed E-state index contributed by atoms with van der Waals surface area (Å²) >= 11 is 0. The number of carbonyl (C=O) groups excluding carboxylic acids is 2. The van der Waals surface area contributed by atoms with Gasteiger partial charge in [-0.25, -0.2) is 0 Å². The first kappa shape index (κ1) is 17.3. The maximum absolute atomic E-state index is 12.5. The van der Waals surface area contributed by atoms with Gasteiger partial charge in [0.05, 0.1) is 0 Å². The molecule has 1 saturated heterocycles. The first-order valence-corrected chi connectivity index (χ1v) is 8.84. The largest absolute Gasteiger partial charge is 0.460 e. The van der Waals surface area contributed by atoms with Crippen molar-refractivity contribution in [1.29, 1.82) is 0 Å². The summed E-state index contributed by atoms with van der Waals surface area (Å²) in [6.07, 6.45) is 6.35. The van der Waals surface area contributed by atoms with E-state index in [0.717, 1.165) is 41.6 Å². The highest BCUT2D eigenvalue weighted by Crippen LogP contribution is 2.27. The van der Waals surface area contributed by atoms with E-state index in [1.807, 2.05) is 42.2 Å². The van der Waals surface area contributed by atoms with E-state index in [1.54, 1.807) is 6.08 Å². The van der Waals surface area contributed by atoms with Crippen molar-refractivity contribution >= 4 is 28.9 Å². The van der Waals surface area contributed by atoms with Gasteiger partial charge in [0.15, 0.2) is 0 Å². The molecule has 0 atom stereocenters. The number of likely N-dealkylation sites (tertiary alicyclic amines) is 1. The van der Waals surface area contributed by atoms with E-state index < -0.39 is 0 Å². The van der Waals surface area contributed by atoms with Crippen LogP contribution in [0.4, 0.5) is 0 Å². The molecule has 0 unspecified atom stereocenters.